The molecule has 12 nitrogen and oxygen atoms in total. The number of fused-ring (bicyclic) bond motifs is 2. The first kappa shape index (κ1) is 34.9. The molecule has 0 unspecified atom stereocenters. The van der Waals surface area contributed by atoms with E-state index in [1.54, 1.807) is 85.2 Å². The zero-order valence-corrected chi connectivity index (χ0v) is 29.0. The number of nitrogens with one attached hydrogen (secondary N) is 2. The maximum absolute atomic E-state index is 13.3. The van der Waals surface area contributed by atoms with Crippen LogP contribution in [0, 0.1) is 0 Å². The summed E-state index contributed by atoms with van der Waals surface area (Å²) in [6, 6.07) is 19.9. The molecule has 0 spiro atoms. The van der Waals surface area contributed by atoms with Gasteiger partial charge in [0.25, 0.3) is 11.8 Å². The predicted molar refractivity (Wildman–Crippen MR) is 198 cm³/mol. The molecular weight excluding hydrogens is 695 g/mol. The summed E-state index contributed by atoms with van der Waals surface area (Å²) in [5, 5.41) is 7.68. The minimum absolute atomic E-state index is 0.265. The SMILES string of the molecule is COc1cc2nccc(Oc3ccc(N)c(Cl)c3)c2cc1C(=O)NCCCNC(=O)c1cc2c(Oc3ccc(N)c(Cl)c3)ccnc2cc1OC. The van der Waals surface area contributed by atoms with E-state index in [1.807, 2.05) is 0 Å². The first-order valence-corrected chi connectivity index (χ1v) is 16.4. The minimum atomic E-state index is -0.371. The Bertz CT molecular complexity index is 2130. The summed E-state index contributed by atoms with van der Waals surface area (Å²) in [5.74, 6) is 1.82. The van der Waals surface area contributed by atoms with Crippen molar-refractivity contribution in [3.63, 3.8) is 0 Å². The highest BCUT2D eigenvalue weighted by atomic mass is 35.5. The minimum Gasteiger partial charge on any atom is -0.496 e. The largest absolute Gasteiger partial charge is 0.496 e. The number of carbonyl (C=O) groups excluding carboxylic acids is 2. The van der Waals surface area contributed by atoms with E-state index in [0.717, 1.165) is 0 Å². The molecule has 2 aromatic heterocycles. The summed E-state index contributed by atoms with van der Waals surface area (Å²) in [6.45, 7) is 0.531. The van der Waals surface area contributed by atoms with E-state index < -0.39 is 0 Å². The van der Waals surface area contributed by atoms with Crippen LogP contribution >= 0.6 is 23.2 Å². The van der Waals surface area contributed by atoms with E-state index in [4.69, 9.17) is 53.6 Å². The fraction of sp³-hybridized carbons (Fsp3) is 0.135. The van der Waals surface area contributed by atoms with Gasteiger partial charge in [-0.3, -0.25) is 19.6 Å². The number of halogens is 2. The number of hydrogen-bond donors (Lipinski definition) is 4. The van der Waals surface area contributed by atoms with Crippen molar-refractivity contribution in [1.82, 2.24) is 20.6 Å². The Balaban J connectivity index is 1.11. The molecule has 14 heteroatoms. The molecule has 2 heterocycles. The van der Waals surface area contributed by atoms with E-state index >= 15 is 0 Å². The van der Waals surface area contributed by atoms with E-state index in [2.05, 4.69) is 20.6 Å². The van der Waals surface area contributed by atoms with Crippen LogP contribution in [0.3, 0.4) is 0 Å². The van der Waals surface area contributed by atoms with Crippen LogP contribution in [0.25, 0.3) is 21.8 Å². The molecule has 260 valence electrons. The van der Waals surface area contributed by atoms with Gasteiger partial charge in [0.15, 0.2) is 0 Å². The normalized spacial score (nSPS) is 10.9. The monoisotopic (exact) mass is 726 g/mol. The van der Waals surface area contributed by atoms with E-state index in [0.29, 0.717) is 84.1 Å². The van der Waals surface area contributed by atoms with Gasteiger partial charge in [0.1, 0.15) is 34.5 Å². The second-order valence-corrected chi connectivity index (χ2v) is 12.0. The number of carbonyl (C=O) groups is 2. The molecule has 0 saturated carbocycles. The second kappa shape index (κ2) is 15.3. The predicted octanol–water partition coefficient (Wildman–Crippen LogP) is 7.41. The van der Waals surface area contributed by atoms with Crippen LogP contribution in [0.5, 0.6) is 34.5 Å². The number of nitrogens with two attached hydrogens (primary N) is 2. The van der Waals surface area contributed by atoms with Gasteiger partial charge < -0.3 is 41.0 Å². The molecule has 6 rings (SSSR count). The van der Waals surface area contributed by atoms with Crippen molar-refractivity contribution in [3.8, 4) is 34.5 Å². The van der Waals surface area contributed by atoms with Crippen LogP contribution in [0.15, 0.2) is 85.2 Å². The molecule has 0 aliphatic heterocycles. The number of pyridine rings is 2. The molecule has 2 amide bonds. The fourth-order valence-electron chi connectivity index (χ4n) is 5.25. The highest BCUT2D eigenvalue weighted by Crippen LogP contribution is 2.36. The topological polar surface area (TPSA) is 173 Å². The number of ether oxygens (including phenoxy) is 4. The molecule has 0 atom stereocenters. The lowest BCUT2D eigenvalue weighted by molar-refractivity contribution is 0.0949. The first-order valence-electron chi connectivity index (χ1n) is 15.6. The Kier molecular flexibility index (Phi) is 10.4. The summed E-state index contributed by atoms with van der Waals surface area (Å²) < 4.78 is 23.2. The van der Waals surface area contributed by atoms with Crippen LogP contribution in [-0.4, -0.2) is 49.1 Å². The summed E-state index contributed by atoms with van der Waals surface area (Å²) in [5.41, 5.74) is 14.2. The van der Waals surface area contributed by atoms with Crippen LogP contribution < -0.4 is 41.0 Å². The smallest absolute Gasteiger partial charge is 0.255 e. The van der Waals surface area contributed by atoms with Gasteiger partial charge in [-0.2, -0.15) is 0 Å². The van der Waals surface area contributed by atoms with Crippen molar-refractivity contribution in [2.45, 2.75) is 6.42 Å². The number of anilines is 2. The Morgan fingerprint density at radius 3 is 1.45 bits per heavy atom. The van der Waals surface area contributed by atoms with Gasteiger partial charge in [-0.15, -0.1) is 0 Å². The van der Waals surface area contributed by atoms with Crippen LogP contribution in [-0.2, 0) is 0 Å². The lowest BCUT2D eigenvalue weighted by Gasteiger charge is -2.14. The van der Waals surface area contributed by atoms with Gasteiger partial charge in [-0.05, 0) is 55.0 Å². The Morgan fingerprint density at radius 2 is 1.06 bits per heavy atom. The lowest BCUT2D eigenvalue weighted by Crippen LogP contribution is -2.30. The van der Waals surface area contributed by atoms with Crippen molar-refractivity contribution in [3.05, 3.63) is 106 Å². The number of nitrogen functional groups attached to an aromatic ring is 2. The van der Waals surface area contributed by atoms with Gasteiger partial charge in [-0.1, -0.05) is 23.2 Å². The molecule has 51 heavy (non-hydrogen) atoms. The third kappa shape index (κ3) is 7.77. The first-order chi connectivity index (χ1) is 24.6. The van der Waals surface area contributed by atoms with Gasteiger partial charge in [0, 0.05) is 60.5 Å². The van der Waals surface area contributed by atoms with Gasteiger partial charge >= 0.3 is 0 Å². The lowest BCUT2D eigenvalue weighted by atomic mass is 10.1. The molecule has 0 fully saturated rings. The third-order valence-electron chi connectivity index (χ3n) is 7.86. The molecule has 0 aliphatic rings. The number of aromatic nitrogens is 2. The summed E-state index contributed by atoms with van der Waals surface area (Å²) in [6.07, 6.45) is 3.63. The Hall–Kier alpha value is -5.98. The van der Waals surface area contributed by atoms with Crippen molar-refractivity contribution in [2.24, 2.45) is 0 Å². The van der Waals surface area contributed by atoms with Gasteiger partial charge in [0.05, 0.1) is 57.8 Å². The quantitative estimate of drug-likeness (QED) is 0.0735. The zero-order valence-electron chi connectivity index (χ0n) is 27.5. The zero-order chi connectivity index (χ0) is 36.1. The van der Waals surface area contributed by atoms with E-state index in [1.165, 1.54) is 14.2 Å². The molecule has 0 radical (unpaired) electrons. The molecule has 0 saturated heterocycles. The highest BCUT2D eigenvalue weighted by molar-refractivity contribution is 6.33. The molecule has 0 aliphatic carbocycles. The molecule has 4 aromatic carbocycles. The standard InChI is InChI=1S/C37H32Cl2N6O6/c1-48-34-18-30-22(32(8-12-42-30)50-20-4-6-28(40)26(38)14-20)16-24(34)36(46)44-10-3-11-45-37(47)25-17-23-31(19-35(25)49-2)43-13-9-33(23)51-21-5-7-29(41)27(39)15-21/h4-9,12-19H,3,10-11,40-41H2,1-2H3,(H,44,46)(H,45,47). The van der Waals surface area contributed by atoms with Crippen molar-refractivity contribution in [1.29, 1.82) is 0 Å². The van der Waals surface area contributed by atoms with Crippen molar-refractivity contribution >= 4 is 68.2 Å². The summed E-state index contributed by atoms with van der Waals surface area (Å²) >= 11 is 12.3. The number of methoxy groups -OCH3 is 2. The molecular formula is C37H32Cl2N6O6. The second-order valence-electron chi connectivity index (χ2n) is 11.2. The average Bonchev–Trinajstić information content (AvgIpc) is 3.13. The van der Waals surface area contributed by atoms with Crippen molar-refractivity contribution in [2.75, 3.05) is 38.8 Å². The summed E-state index contributed by atoms with van der Waals surface area (Å²) in [7, 11) is 2.95. The number of amides is 2. The number of hydrogen-bond acceptors (Lipinski definition) is 10. The summed E-state index contributed by atoms with van der Waals surface area (Å²) in [4.78, 5) is 35.5. The van der Waals surface area contributed by atoms with Crippen molar-refractivity contribution < 1.29 is 28.5 Å². The fourth-order valence-corrected chi connectivity index (χ4v) is 5.59. The van der Waals surface area contributed by atoms with Gasteiger partial charge in [0.2, 0.25) is 0 Å². The Labute approximate surface area is 302 Å². The van der Waals surface area contributed by atoms with Crippen LogP contribution in [0.1, 0.15) is 27.1 Å². The molecule has 6 aromatic rings. The maximum atomic E-state index is 13.3. The van der Waals surface area contributed by atoms with Gasteiger partial charge in [-0.25, -0.2) is 0 Å². The van der Waals surface area contributed by atoms with E-state index in [-0.39, 0.29) is 36.0 Å². The highest BCUT2D eigenvalue weighted by Gasteiger charge is 2.19. The van der Waals surface area contributed by atoms with Crippen LogP contribution in [0.2, 0.25) is 10.0 Å². The Morgan fingerprint density at radius 1 is 0.627 bits per heavy atom. The number of nitrogens with zero attached hydrogens (tertiary/aromatic N) is 2. The number of benzene rings is 4. The average molecular weight is 728 g/mol. The van der Waals surface area contributed by atoms with E-state index in [9.17, 15) is 9.59 Å². The van der Waals surface area contributed by atoms with Crippen LogP contribution in [0.4, 0.5) is 11.4 Å². The molecule has 0 bridgehead atoms. The maximum Gasteiger partial charge on any atom is 0.255 e. The molecule has 6 N–H and O–H groups in total. The number of rotatable bonds is 12. The third-order valence-corrected chi connectivity index (χ3v) is 8.51.